The van der Waals surface area contributed by atoms with Gasteiger partial charge in [0.05, 0.1) is 0 Å². The first-order valence-electron chi connectivity index (χ1n) is 7.98. The van der Waals surface area contributed by atoms with Gasteiger partial charge < -0.3 is 5.32 Å². The van der Waals surface area contributed by atoms with E-state index in [9.17, 15) is 9.59 Å². The summed E-state index contributed by atoms with van der Waals surface area (Å²) in [7, 11) is 0. The van der Waals surface area contributed by atoms with Crippen LogP contribution in [0.4, 0.5) is 0 Å². The maximum Gasteiger partial charge on any atom is 0.252 e. The molecule has 2 amide bonds. The molecular formula is C18H28N2O3. The molecule has 1 aromatic rings. The highest BCUT2D eigenvalue weighted by atomic mass is 16.7. The number of hydrogen-bond acceptors (Lipinski definition) is 3. The van der Waals surface area contributed by atoms with Gasteiger partial charge in [-0.05, 0) is 11.5 Å². The number of hydroxylamine groups is 1. The van der Waals surface area contributed by atoms with E-state index < -0.39 is 11.5 Å². The molecule has 128 valence electrons. The van der Waals surface area contributed by atoms with Gasteiger partial charge in [0.15, 0.2) is 6.10 Å². The van der Waals surface area contributed by atoms with Crippen LogP contribution in [-0.4, -0.2) is 24.5 Å². The predicted octanol–water partition coefficient (Wildman–Crippen LogP) is 2.46. The Bertz CT molecular complexity index is 507. The van der Waals surface area contributed by atoms with Crippen LogP contribution in [0.2, 0.25) is 0 Å². The number of nitrogens with one attached hydrogen (secondary N) is 2. The zero-order valence-corrected chi connectivity index (χ0v) is 14.7. The van der Waals surface area contributed by atoms with Gasteiger partial charge in [0.1, 0.15) is 0 Å². The van der Waals surface area contributed by atoms with Crippen LogP contribution in [-0.2, 0) is 20.8 Å². The normalized spacial score (nSPS) is 12.8. The minimum atomic E-state index is -0.762. The summed E-state index contributed by atoms with van der Waals surface area (Å²) < 4.78 is 0. The molecule has 0 aromatic heterocycles. The molecule has 5 nitrogen and oxygen atoms in total. The lowest BCUT2D eigenvalue weighted by atomic mass is 9.96. The molecule has 0 spiro atoms. The highest BCUT2D eigenvalue weighted by Gasteiger charge is 2.25. The summed E-state index contributed by atoms with van der Waals surface area (Å²) in [5.74, 6) is -0.135. The van der Waals surface area contributed by atoms with Crippen molar-refractivity contribution in [2.45, 2.75) is 47.1 Å². The Kier molecular flexibility index (Phi) is 7.23. The molecule has 0 bridgehead atoms. The van der Waals surface area contributed by atoms with Gasteiger partial charge in [-0.1, -0.05) is 65.0 Å². The van der Waals surface area contributed by atoms with Crippen LogP contribution in [0, 0.1) is 11.3 Å². The van der Waals surface area contributed by atoms with Crippen LogP contribution in [0.25, 0.3) is 0 Å². The van der Waals surface area contributed by atoms with Crippen molar-refractivity contribution < 1.29 is 14.4 Å². The van der Waals surface area contributed by atoms with E-state index in [0.29, 0.717) is 18.9 Å². The van der Waals surface area contributed by atoms with Crippen LogP contribution in [0.15, 0.2) is 30.3 Å². The van der Waals surface area contributed by atoms with Crippen molar-refractivity contribution in [3.05, 3.63) is 35.9 Å². The van der Waals surface area contributed by atoms with Crippen molar-refractivity contribution in [3.8, 4) is 0 Å². The third-order valence-electron chi connectivity index (χ3n) is 3.22. The number of amides is 2. The van der Waals surface area contributed by atoms with E-state index in [1.165, 1.54) is 0 Å². The quantitative estimate of drug-likeness (QED) is 0.758. The molecule has 5 heteroatoms. The molecule has 0 saturated heterocycles. The maximum atomic E-state index is 12.3. The Balaban J connectivity index is 2.71. The molecule has 23 heavy (non-hydrogen) atoms. The third-order valence-corrected chi connectivity index (χ3v) is 3.22. The van der Waals surface area contributed by atoms with Crippen molar-refractivity contribution in [1.29, 1.82) is 0 Å². The second kappa shape index (κ2) is 8.67. The van der Waals surface area contributed by atoms with Crippen LogP contribution >= 0.6 is 0 Å². The predicted molar refractivity (Wildman–Crippen MR) is 90.5 cm³/mol. The fourth-order valence-electron chi connectivity index (χ4n) is 1.71. The summed E-state index contributed by atoms with van der Waals surface area (Å²) in [5.41, 5.74) is 2.81. The SMILES string of the molecule is CC(C)CNC(=O)[C@@H](Cc1ccccc1)ONC(=O)C(C)(C)C. The van der Waals surface area contributed by atoms with E-state index in [2.05, 4.69) is 10.8 Å². The molecule has 0 aliphatic rings. The Labute approximate surface area is 138 Å². The Hall–Kier alpha value is -1.88. The first-order valence-corrected chi connectivity index (χ1v) is 7.98. The topological polar surface area (TPSA) is 67.4 Å². The van der Waals surface area contributed by atoms with Crippen molar-refractivity contribution >= 4 is 11.8 Å². The Morgan fingerprint density at radius 1 is 1.13 bits per heavy atom. The highest BCUT2D eigenvalue weighted by Crippen LogP contribution is 2.13. The number of carbonyl (C=O) groups is 2. The van der Waals surface area contributed by atoms with Gasteiger partial charge in [-0.15, -0.1) is 0 Å². The van der Waals surface area contributed by atoms with Crippen molar-refractivity contribution in [2.24, 2.45) is 11.3 Å². The van der Waals surface area contributed by atoms with Crippen LogP contribution < -0.4 is 10.8 Å². The Morgan fingerprint density at radius 3 is 2.26 bits per heavy atom. The molecule has 0 fully saturated rings. The van der Waals surface area contributed by atoms with Crippen molar-refractivity contribution in [1.82, 2.24) is 10.8 Å². The molecule has 0 aliphatic heterocycles. The maximum absolute atomic E-state index is 12.3. The zero-order valence-electron chi connectivity index (χ0n) is 14.7. The fraction of sp³-hybridized carbons (Fsp3) is 0.556. The first kappa shape index (κ1) is 19.2. The van der Waals surface area contributed by atoms with Gasteiger partial charge in [0, 0.05) is 18.4 Å². The largest absolute Gasteiger partial charge is 0.353 e. The van der Waals surface area contributed by atoms with E-state index in [4.69, 9.17) is 4.84 Å². The third kappa shape index (κ3) is 7.28. The lowest BCUT2D eigenvalue weighted by Crippen LogP contribution is -2.45. The van der Waals surface area contributed by atoms with E-state index in [1.54, 1.807) is 20.8 Å². The average Bonchev–Trinajstić information content (AvgIpc) is 2.48. The molecule has 0 aliphatic carbocycles. The molecular weight excluding hydrogens is 292 g/mol. The number of benzene rings is 1. The zero-order chi connectivity index (χ0) is 17.5. The molecule has 0 unspecified atom stereocenters. The fourth-order valence-corrected chi connectivity index (χ4v) is 1.71. The molecule has 0 saturated carbocycles. The summed E-state index contributed by atoms with van der Waals surface area (Å²) in [6, 6.07) is 9.59. The molecule has 0 heterocycles. The lowest BCUT2D eigenvalue weighted by Gasteiger charge is -2.22. The lowest BCUT2D eigenvalue weighted by molar-refractivity contribution is -0.153. The molecule has 1 atom stereocenters. The van der Waals surface area contributed by atoms with Crippen molar-refractivity contribution in [2.75, 3.05) is 6.54 Å². The Morgan fingerprint density at radius 2 is 1.74 bits per heavy atom. The van der Waals surface area contributed by atoms with Gasteiger partial charge >= 0.3 is 0 Å². The average molecular weight is 320 g/mol. The van der Waals surface area contributed by atoms with Crippen molar-refractivity contribution in [3.63, 3.8) is 0 Å². The van der Waals surface area contributed by atoms with Gasteiger partial charge in [-0.2, -0.15) is 0 Å². The standard InChI is InChI=1S/C18H28N2O3/c1-13(2)12-19-16(21)15(11-14-9-7-6-8-10-14)23-20-17(22)18(3,4)5/h6-10,13,15H,11-12H2,1-5H3,(H,19,21)(H,20,22)/t15-/m1/s1. The van der Waals surface area contributed by atoms with Gasteiger partial charge in [-0.25, -0.2) is 5.48 Å². The molecule has 1 rings (SSSR count). The monoisotopic (exact) mass is 320 g/mol. The van der Waals surface area contributed by atoms with E-state index >= 15 is 0 Å². The van der Waals surface area contributed by atoms with Gasteiger partial charge in [-0.3, -0.25) is 14.4 Å². The van der Waals surface area contributed by atoms with E-state index in [-0.39, 0.29) is 11.8 Å². The summed E-state index contributed by atoms with van der Waals surface area (Å²) in [6.45, 7) is 9.98. The van der Waals surface area contributed by atoms with Gasteiger partial charge in [0.2, 0.25) is 5.91 Å². The second-order valence-corrected chi connectivity index (χ2v) is 7.12. The number of carbonyl (C=O) groups excluding carboxylic acids is 2. The summed E-state index contributed by atoms with van der Waals surface area (Å²) in [6.07, 6.45) is -0.364. The summed E-state index contributed by atoms with van der Waals surface area (Å²) >= 11 is 0. The smallest absolute Gasteiger partial charge is 0.252 e. The van der Waals surface area contributed by atoms with Crippen LogP contribution in [0.3, 0.4) is 0 Å². The minimum Gasteiger partial charge on any atom is -0.353 e. The minimum absolute atomic E-state index is 0.225. The van der Waals surface area contributed by atoms with Gasteiger partial charge in [0.25, 0.3) is 5.91 Å². The summed E-state index contributed by atoms with van der Waals surface area (Å²) in [4.78, 5) is 29.7. The molecule has 2 N–H and O–H groups in total. The molecule has 0 radical (unpaired) electrons. The highest BCUT2D eigenvalue weighted by molar-refractivity contribution is 5.82. The second-order valence-electron chi connectivity index (χ2n) is 7.12. The van der Waals surface area contributed by atoms with E-state index in [0.717, 1.165) is 5.56 Å². The summed E-state index contributed by atoms with van der Waals surface area (Å²) in [5, 5.41) is 2.85. The molecule has 1 aromatic carbocycles. The van der Waals surface area contributed by atoms with Crippen LogP contribution in [0.5, 0.6) is 0 Å². The first-order chi connectivity index (χ1) is 10.7. The van der Waals surface area contributed by atoms with E-state index in [1.807, 2.05) is 44.2 Å². The number of rotatable bonds is 7. The number of hydrogen-bond donors (Lipinski definition) is 2. The van der Waals surface area contributed by atoms with Crippen LogP contribution in [0.1, 0.15) is 40.2 Å².